The van der Waals surface area contributed by atoms with Gasteiger partial charge in [-0.25, -0.2) is 4.79 Å². The van der Waals surface area contributed by atoms with Crippen molar-refractivity contribution < 1.29 is 19.8 Å². The van der Waals surface area contributed by atoms with Gasteiger partial charge in [0.05, 0.1) is 4.92 Å². The van der Waals surface area contributed by atoms with Gasteiger partial charge in [0, 0.05) is 29.0 Å². The van der Waals surface area contributed by atoms with Crippen LogP contribution in [0.1, 0.15) is 0 Å². The van der Waals surface area contributed by atoms with E-state index in [0.717, 1.165) is 0 Å². The molecule has 2 aromatic carbocycles. The number of nitro groups is 1. The Hall–Kier alpha value is -2.91. The Labute approximate surface area is 125 Å². The first-order valence-electron chi connectivity index (χ1n) is 6.25. The molecule has 0 fully saturated rings. The summed E-state index contributed by atoms with van der Waals surface area (Å²) in [6.45, 7) is 0. The zero-order valence-electron chi connectivity index (χ0n) is 11.3. The number of carbonyl (C=O) groups is 1. The lowest BCUT2D eigenvalue weighted by molar-refractivity contribution is -0.384. The third-order valence-electron chi connectivity index (χ3n) is 2.82. The van der Waals surface area contributed by atoms with E-state index in [1.165, 1.54) is 36.4 Å². The zero-order chi connectivity index (χ0) is 16.1. The van der Waals surface area contributed by atoms with E-state index >= 15 is 0 Å². The number of nitro benzene ring substituents is 1. The number of anilines is 2. The summed E-state index contributed by atoms with van der Waals surface area (Å²) in [6, 6.07) is 10.9. The summed E-state index contributed by atoms with van der Waals surface area (Å²) in [5.74, 6) is 0. The van der Waals surface area contributed by atoms with Crippen molar-refractivity contribution in [1.82, 2.24) is 0 Å². The van der Waals surface area contributed by atoms with Gasteiger partial charge in [-0.3, -0.25) is 10.1 Å². The first-order valence-corrected chi connectivity index (χ1v) is 6.25. The molecule has 0 aromatic heterocycles. The zero-order valence-corrected chi connectivity index (χ0v) is 11.3. The second kappa shape index (κ2) is 6.70. The fourth-order valence-corrected chi connectivity index (χ4v) is 1.79. The summed E-state index contributed by atoms with van der Waals surface area (Å²) in [7, 11) is -1.71. The first-order chi connectivity index (χ1) is 10.5. The molecule has 0 aliphatic rings. The van der Waals surface area contributed by atoms with Crippen LogP contribution in [0.2, 0.25) is 0 Å². The number of non-ortho nitro benzene ring substituents is 1. The average Bonchev–Trinajstić information content (AvgIpc) is 2.48. The van der Waals surface area contributed by atoms with Crippen LogP contribution in [-0.2, 0) is 0 Å². The lowest BCUT2D eigenvalue weighted by Crippen LogP contribution is -2.34. The van der Waals surface area contributed by atoms with Gasteiger partial charge in [-0.1, -0.05) is 18.2 Å². The van der Waals surface area contributed by atoms with Crippen LogP contribution in [0.3, 0.4) is 0 Å². The van der Waals surface area contributed by atoms with Gasteiger partial charge in [-0.15, -0.1) is 0 Å². The minimum atomic E-state index is -1.71. The summed E-state index contributed by atoms with van der Waals surface area (Å²) in [5, 5.41) is 33.9. The van der Waals surface area contributed by atoms with Crippen molar-refractivity contribution >= 4 is 35.7 Å². The molecule has 9 heteroatoms. The van der Waals surface area contributed by atoms with Crippen LogP contribution in [0.15, 0.2) is 48.5 Å². The lowest BCUT2D eigenvalue weighted by atomic mass is 9.79. The Morgan fingerprint density at radius 2 is 1.68 bits per heavy atom. The second-order valence-electron chi connectivity index (χ2n) is 4.34. The fourth-order valence-electron chi connectivity index (χ4n) is 1.79. The van der Waals surface area contributed by atoms with Crippen LogP contribution in [0.5, 0.6) is 0 Å². The third-order valence-corrected chi connectivity index (χ3v) is 2.82. The summed E-state index contributed by atoms with van der Waals surface area (Å²) >= 11 is 0. The highest BCUT2D eigenvalue weighted by atomic mass is 16.6. The maximum atomic E-state index is 11.9. The molecule has 0 aliphatic heterocycles. The third kappa shape index (κ3) is 3.81. The fraction of sp³-hybridized carbons (Fsp3) is 0. The monoisotopic (exact) mass is 301 g/mol. The summed E-state index contributed by atoms with van der Waals surface area (Å²) in [6.07, 6.45) is 0. The molecule has 2 aromatic rings. The normalized spacial score (nSPS) is 9.91. The van der Waals surface area contributed by atoms with E-state index in [-0.39, 0.29) is 16.8 Å². The van der Waals surface area contributed by atoms with Gasteiger partial charge >= 0.3 is 13.1 Å². The van der Waals surface area contributed by atoms with Gasteiger partial charge in [-0.2, -0.15) is 0 Å². The van der Waals surface area contributed by atoms with Gasteiger partial charge in [0.15, 0.2) is 0 Å². The number of carbonyl (C=O) groups excluding carboxylic acids is 1. The number of benzene rings is 2. The van der Waals surface area contributed by atoms with Crippen LogP contribution in [0.4, 0.5) is 21.9 Å². The molecule has 0 aliphatic carbocycles. The van der Waals surface area contributed by atoms with Crippen molar-refractivity contribution in [3.05, 3.63) is 58.6 Å². The maximum Gasteiger partial charge on any atom is 0.490 e. The number of urea groups is 1. The molecule has 4 N–H and O–H groups in total. The van der Waals surface area contributed by atoms with Gasteiger partial charge < -0.3 is 20.7 Å². The van der Waals surface area contributed by atoms with Gasteiger partial charge in [-0.05, 0) is 18.2 Å². The number of hydrogen-bond acceptors (Lipinski definition) is 5. The predicted octanol–water partition coefficient (Wildman–Crippen LogP) is 0.919. The number of para-hydroxylation sites is 1. The molecule has 0 heterocycles. The van der Waals surface area contributed by atoms with Crippen molar-refractivity contribution in [2.24, 2.45) is 0 Å². The molecular formula is C13H12BN3O5. The predicted molar refractivity (Wildman–Crippen MR) is 82.0 cm³/mol. The van der Waals surface area contributed by atoms with E-state index in [1.807, 2.05) is 0 Å². The van der Waals surface area contributed by atoms with E-state index in [2.05, 4.69) is 10.6 Å². The topological polar surface area (TPSA) is 125 Å². The Balaban J connectivity index is 2.06. The van der Waals surface area contributed by atoms with Crippen LogP contribution < -0.4 is 16.1 Å². The highest BCUT2D eigenvalue weighted by molar-refractivity contribution is 6.60. The van der Waals surface area contributed by atoms with Crippen LogP contribution in [-0.4, -0.2) is 28.1 Å². The molecule has 0 saturated carbocycles. The number of nitrogens with one attached hydrogen (secondary N) is 2. The smallest absolute Gasteiger partial charge is 0.423 e. The highest BCUT2D eigenvalue weighted by Gasteiger charge is 2.16. The van der Waals surface area contributed by atoms with Crippen LogP contribution in [0, 0.1) is 10.1 Å². The number of amides is 2. The second-order valence-corrected chi connectivity index (χ2v) is 4.34. The van der Waals surface area contributed by atoms with Crippen molar-refractivity contribution in [1.29, 1.82) is 0 Å². The van der Waals surface area contributed by atoms with Gasteiger partial charge in [0.1, 0.15) is 0 Å². The lowest BCUT2D eigenvalue weighted by Gasteiger charge is -2.11. The molecule has 0 spiro atoms. The molecule has 0 atom stereocenters. The molecule has 22 heavy (non-hydrogen) atoms. The highest BCUT2D eigenvalue weighted by Crippen LogP contribution is 2.15. The number of rotatable bonds is 4. The van der Waals surface area contributed by atoms with E-state index in [1.54, 1.807) is 12.1 Å². The molecule has 0 radical (unpaired) electrons. The van der Waals surface area contributed by atoms with Crippen molar-refractivity contribution in [3.63, 3.8) is 0 Å². The summed E-state index contributed by atoms with van der Waals surface area (Å²) in [5.41, 5.74) is 0.683. The van der Waals surface area contributed by atoms with E-state index in [9.17, 15) is 25.0 Å². The Morgan fingerprint density at radius 1 is 1.05 bits per heavy atom. The molecule has 0 saturated heterocycles. The van der Waals surface area contributed by atoms with Gasteiger partial charge in [0.2, 0.25) is 0 Å². The standard InChI is InChI=1S/C13H12BN3O5/c18-13(15-9-5-7-10(8-6-9)17(21)22)16-12-4-2-1-3-11(12)14(19)20/h1-8,19-20H,(H2,15,16,18). The van der Waals surface area contributed by atoms with Crippen molar-refractivity contribution in [2.45, 2.75) is 0 Å². The molecule has 112 valence electrons. The molecule has 2 amide bonds. The maximum absolute atomic E-state index is 11.9. The Bertz CT molecular complexity index is 690. The van der Waals surface area contributed by atoms with Gasteiger partial charge in [0.25, 0.3) is 5.69 Å². The molecule has 0 unspecified atom stereocenters. The minimum absolute atomic E-state index is 0.0836. The Morgan fingerprint density at radius 3 is 2.27 bits per heavy atom. The largest absolute Gasteiger partial charge is 0.490 e. The first kappa shape index (κ1) is 15.5. The SMILES string of the molecule is O=C(Nc1ccc([N+](=O)[O-])cc1)Nc1ccccc1B(O)O. The quantitative estimate of drug-likeness (QED) is 0.379. The minimum Gasteiger partial charge on any atom is -0.423 e. The molecule has 2 rings (SSSR count). The molecule has 0 bridgehead atoms. The van der Waals surface area contributed by atoms with E-state index in [0.29, 0.717) is 5.69 Å². The van der Waals surface area contributed by atoms with Crippen molar-refractivity contribution in [3.8, 4) is 0 Å². The van der Waals surface area contributed by atoms with Crippen molar-refractivity contribution in [2.75, 3.05) is 10.6 Å². The van der Waals surface area contributed by atoms with E-state index in [4.69, 9.17) is 0 Å². The van der Waals surface area contributed by atoms with Crippen LogP contribution >= 0.6 is 0 Å². The Kier molecular flexibility index (Phi) is 4.71. The molecular weight excluding hydrogens is 289 g/mol. The summed E-state index contributed by atoms with van der Waals surface area (Å²) < 4.78 is 0. The summed E-state index contributed by atoms with van der Waals surface area (Å²) in [4.78, 5) is 21.9. The number of nitrogens with zero attached hydrogens (tertiary/aromatic N) is 1. The number of hydrogen-bond donors (Lipinski definition) is 4. The van der Waals surface area contributed by atoms with Crippen LogP contribution in [0.25, 0.3) is 0 Å². The van der Waals surface area contributed by atoms with E-state index < -0.39 is 18.1 Å². The molecule has 8 nitrogen and oxygen atoms in total. The average molecular weight is 301 g/mol.